The second-order valence-corrected chi connectivity index (χ2v) is 6.64. The Morgan fingerprint density at radius 3 is 2.72 bits per heavy atom. The molecular formula is C23H22N4O2. The van der Waals surface area contributed by atoms with Gasteiger partial charge in [-0.1, -0.05) is 36.4 Å². The Labute approximate surface area is 169 Å². The first-order chi connectivity index (χ1) is 14.2. The molecule has 4 rings (SSSR count). The number of amides is 1. The molecule has 0 unspecified atom stereocenters. The summed E-state index contributed by atoms with van der Waals surface area (Å²) in [7, 11) is 1.87. The van der Waals surface area contributed by atoms with Crippen LogP contribution in [0.5, 0.6) is 5.75 Å². The first kappa shape index (κ1) is 18.7. The van der Waals surface area contributed by atoms with Crippen molar-refractivity contribution in [2.75, 3.05) is 6.61 Å². The first-order valence-corrected chi connectivity index (χ1v) is 9.54. The molecule has 6 nitrogen and oxygen atoms in total. The van der Waals surface area contributed by atoms with Gasteiger partial charge in [0, 0.05) is 13.2 Å². The smallest absolute Gasteiger partial charge is 0.256 e. The second-order valence-electron chi connectivity index (χ2n) is 6.64. The number of benzene rings is 2. The standard InChI is InChI=1S/C23H22N4O2/c1-3-29-21-12-11-16-8-4-5-9-18(16)22(21)23(28)25-15-17-14-20(27(2)26-17)19-10-6-7-13-24-19/h4-14H,3,15H2,1-2H3,(H,25,28). The zero-order chi connectivity index (χ0) is 20.2. The van der Waals surface area contributed by atoms with Gasteiger partial charge in [-0.3, -0.25) is 14.5 Å². The van der Waals surface area contributed by atoms with Gasteiger partial charge in [-0.15, -0.1) is 0 Å². The van der Waals surface area contributed by atoms with Gasteiger partial charge < -0.3 is 10.1 Å². The van der Waals surface area contributed by atoms with Crippen molar-refractivity contribution < 1.29 is 9.53 Å². The predicted octanol–water partition coefficient (Wildman–Crippen LogP) is 3.96. The van der Waals surface area contributed by atoms with Gasteiger partial charge in [0.05, 0.1) is 35.8 Å². The van der Waals surface area contributed by atoms with Crippen LogP contribution in [-0.2, 0) is 13.6 Å². The summed E-state index contributed by atoms with van der Waals surface area (Å²) >= 11 is 0. The summed E-state index contributed by atoms with van der Waals surface area (Å²) in [4.78, 5) is 17.4. The van der Waals surface area contributed by atoms with Crippen molar-refractivity contribution in [2.24, 2.45) is 7.05 Å². The van der Waals surface area contributed by atoms with Crippen LogP contribution in [0.25, 0.3) is 22.2 Å². The Balaban J connectivity index is 1.59. The van der Waals surface area contributed by atoms with Crippen molar-refractivity contribution in [1.82, 2.24) is 20.1 Å². The monoisotopic (exact) mass is 386 g/mol. The number of aryl methyl sites for hydroxylation is 1. The van der Waals surface area contributed by atoms with E-state index in [2.05, 4.69) is 15.4 Å². The minimum atomic E-state index is -0.185. The van der Waals surface area contributed by atoms with E-state index in [-0.39, 0.29) is 5.91 Å². The van der Waals surface area contributed by atoms with E-state index in [1.807, 2.05) is 74.6 Å². The van der Waals surface area contributed by atoms with Crippen LogP contribution in [0.1, 0.15) is 23.0 Å². The number of rotatable bonds is 6. The molecule has 0 atom stereocenters. The second kappa shape index (κ2) is 8.14. The molecule has 0 saturated heterocycles. The van der Waals surface area contributed by atoms with Crippen LogP contribution in [0.2, 0.25) is 0 Å². The predicted molar refractivity (Wildman–Crippen MR) is 113 cm³/mol. The van der Waals surface area contributed by atoms with Crippen molar-refractivity contribution in [3.05, 3.63) is 78.1 Å². The molecule has 2 heterocycles. The molecule has 0 spiro atoms. The van der Waals surface area contributed by atoms with Crippen LogP contribution < -0.4 is 10.1 Å². The van der Waals surface area contributed by atoms with Gasteiger partial charge in [0.25, 0.3) is 5.91 Å². The van der Waals surface area contributed by atoms with Crippen LogP contribution in [0.4, 0.5) is 0 Å². The summed E-state index contributed by atoms with van der Waals surface area (Å²) in [6.45, 7) is 2.71. The number of carbonyl (C=O) groups is 1. The molecule has 0 aliphatic heterocycles. The van der Waals surface area contributed by atoms with Crippen LogP contribution in [0, 0.1) is 0 Å². The Hall–Kier alpha value is -3.67. The number of nitrogens with zero attached hydrogens (tertiary/aromatic N) is 3. The highest BCUT2D eigenvalue weighted by Crippen LogP contribution is 2.28. The van der Waals surface area contributed by atoms with Crippen molar-refractivity contribution in [3.8, 4) is 17.1 Å². The summed E-state index contributed by atoms with van der Waals surface area (Å²) in [5.74, 6) is 0.397. The molecule has 2 aromatic heterocycles. The lowest BCUT2D eigenvalue weighted by Gasteiger charge is -2.13. The summed E-state index contributed by atoms with van der Waals surface area (Å²) in [5, 5.41) is 9.35. The van der Waals surface area contributed by atoms with Crippen LogP contribution in [0.15, 0.2) is 66.9 Å². The molecule has 0 radical (unpaired) electrons. The van der Waals surface area contributed by atoms with E-state index in [1.54, 1.807) is 10.9 Å². The van der Waals surface area contributed by atoms with Crippen molar-refractivity contribution >= 4 is 16.7 Å². The molecular weight excluding hydrogens is 364 g/mol. The van der Waals surface area contributed by atoms with E-state index >= 15 is 0 Å². The normalized spacial score (nSPS) is 10.8. The van der Waals surface area contributed by atoms with E-state index < -0.39 is 0 Å². The average molecular weight is 386 g/mol. The highest BCUT2D eigenvalue weighted by Gasteiger charge is 2.17. The topological polar surface area (TPSA) is 69.0 Å². The molecule has 0 aliphatic carbocycles. The third kappa shape index (κ3) is 3.82. The lowest BCUT2D eigenvalue weighted by Crippen LogP contribution is -2.24. The first-order valence-electron chi connectivity index (χ1n) is 9.54. The van der Waals surface area contributed by atoms with E-state index in [4.69, 9.17) is 4.74 Å². The molecule has 1 N–H and O–H groups in total. The summed E-state index contributed by atoms with van der Waals surface area (Å²) in [6, 6.07) is 19.3. The maximum Gasteiger partial charge on any atom is 0.256 e. The molecule has 1 amide bonds. The highest BCUT2D eigenvalue weighted by atomic mass is 16.5. The van der Waals surface area contributed by atoms with Crippen molar-refractivity contribution in [1.29, 1.82) is 0 Å². The lowest BCUT2D eigenvalue weighted by atomic mass is 10.0. The SMILES string of the molecule is CCOc1ccc2ccccc2c1C(=O)NCc1cc(-c2ccccn2)n(C)n1. The highest BCUT2D eigenvalue weighted by molar-refractivity contribution is 6.09. The number of hydrogen-bond acceptors (Lipinski definition) is 4. The van der Waals surface area contributed by atoms with Gasteiger partial charge in [-0.25, -0.2) is 0 Å². The molecule has 2 aromatic carbocycles. The number of carbonyl (C=O) groups excluding carboxylic acids is 1. The van der Waals surface area contributed by atoms with E-state index in [9.17, 15) is 4.79 Å². The van der Waals surface area contributed by atoms with Crippen molar-refractivity contribution in [3.63, 3.8) is 0 Å². The van der Waals surface area contributed by atoms with Gasteiger partial charge in [0.2, 0.25) is 0 Å². The maximum absolute atomic E-state index is 13.1. The van der Waals surface area contributed by atoms with Gasteiger partial charge in [-0.2, -0.15) is 5.10 Å². The molecule has 0 saturated carbocycles. The van der Waals surface area contributed by atoms with Crippen LogP contribution in [-0.4, -0.2) is 27.3 Å². The van der Waals surface area contributed by atoms with Gasteiger partial charge in [-0.05, 0) is 42.0 Å². The largest absolute Gasteiger partial charge is 0.493 e. The Morgan fingerprint density at radius 1 is 1.10 bits per heavy atom. The van der Waals surface area contributed by atoms with E-state index in [1.165, 1.54) is 0 Å². The fourth-order valence-electron chi connectivity index (χ4n) is 3.39. The number of pyridine rings is 1. The number of hydrogen-bond donors (Lipinski definition) is 1. The molecule has 0 bridgehead atoms. The van der Waals surface area contributed by atoms with Gasteiger partial charge in [0.15, 0.2) is 0 Å². The summed E-state index contributed by atoms with van der Waals surface area (Å²) in [6.07, 6.45) is 1.75. The molecule has 29 heavy (non-hydrogen) atoms. The van der Waals surface area contributed by atoms with Crippen LogP contribution >= 0.6 is 0 Å². The maximum atomic E-state index is 13.1. The minimum Gasteiger partial charge on any atom is -0.493 e. The number of ether oxygens (including phenoxy) is 1. The third-order valence-corrected chi connectivity index (χ3v) is 4.71. The zero-order valence-corrected chi connectivity index (χ0v) is 16.4. The Kier molecular flexibility index (Phi) is 5.24. The molecule has 0 aliphatic rings. The minimum absolute atomic E-state index is 0.185. The fourth-order valence-corrected chi connectivity index (χ4v) is 3.39. The molecule has 0 fully saturated rings. The Bertz CT molecular complexity index is 1150. The number of nitrogens with one attached hydrogen (secondary N) is 1. The zero-order valence-electron chi connectivity index (χ0n) is 16.4. The van der Waals surface area contributed by atoms with Gasteiger partial charge in [0.1, 0.15) is 5.75 Å². The van der Waals surface area contributed by atoms with E-state index in [0.717, 1.165) is 27.9 Å². The van der Waals surface area contributed by atoms with Crippen LogP contribution in [0.3, 0.4) is 0 Å². The molecule has 6 heteroatoms. The van der Waals surface area contributed by atoms with E-state index in [0.29, 0.717) is 24.5 Å². The van der Waals surface area contributed by atoms with Gasteiger partial charge >= 0.3 is 0 Å². The summed E-state index contributed by atoms with van der Waals surface area (Å²) in [5.41, 5.74) is 3.05. The number of fused-ring (bicyclic) bond motifs is 1. The quantitative estimate of drug-likeness (QED) is 0.544. The molecule has 146 valence electrons. The fraction of sp³-hybridized carbons (Fsp3) is 0.174. The third-order valence-electron chi connectivity index (χ3n) is 4.71. The lowest BCUT2D eigenvalue weighted by molar-refractivity contribution is 0.0948. The average Bonchev–Trinajstić information content (AvgIpc) is 3.13. The Morgan fingerprint density at radius 2 is 1.93 bits per heavy atom. The van der Waals surface area contributed by atoms with Crippen molar-refractivity contribution in [2.45, 2.75) is 13.5 Å². The molecule has 4 aromatic rings. The number of aromatic nitrogens is 3. The summed E-state index contributed by atoms with van der Waals surface area (Å²) < 4.78 is 7.48.